The molecule has 7 heteroatoms. The van der Waals surface area contributed by atoms with Crippen LogP contribution in [0.4, 0.5) is 5.82 Å². The third kappa shape index (κ3) is 3.59. The molecule has 4 rings (SSSR count). The van der Waals surface area contributed by atoms with Gasteiger partial charge in [0.2, 0.25) is 0 Å². The van der Waals surface area contributed by atoms with Crippen molar-refractivity contribution < 1.29 is 0 Å². The molecule has 0 unspecified atom stereocenters. The summed E-state index contributed by atoms with van der Waals surface area (Å²) in [6.07, 6.45) is 3.51. The van der Waals surface area contributed by atoms with Crippen LogP contribution in [0.15, 0.2) is 41.5 Å². The fraction of sp³-hybridized carbons (Fsp3) is 0.333. The lowest BCUT2D eigenvalue weighted by molar-refractivity contribution is 0.220. The van der Waals surface area contributed by atoms with Crippen molar-refractivity contribution >= 4 is 16.9 Å². The summed E-state index contributed by atoms with van der Waals surface area (Å²) in [6, 6.07) is 9.98. The Balaban J connectivity index is 1.45. The molecule has 0 aliphatic carbocycles. The average molecular weight is 374 g/mol. The molecule has 0 spiro atoms. The lowest BCUT2D eigenvalue weighted by atomic mass is 10.1. The smallest absolute Gasteiger partial charge is 0.251 e. The Labute approximate surface area is 163 Å². The Hall–Kier alpha value is -3.24. The van der Waals surface area contributed by atoms with E-state index in [2.05, 4.69) is 37.7 Å². The van der Waals surface area contributed by atoms with Crippen LogP contribution in [0.3, 0.4) is 0 Å². The topological polar surface area (TPSA) is 88.9 Å². The van der Waals surface area contributed by atoms with Crippen LogP contribution in [0.25, 0.3) is 11.0 Å². The number of nitrogens with zero attached hydrogens (tertiary/aromatic N) is 5. The van der Waals surface area contributed by atoms with Gasteiger partial charge in [-0.1, -0.05) is 0 Å². The number of hydrogen-bond acceptors (Lipinski definition) is 6. The van der Waals surface area contributed by atoms with Crippen LogP contribution in [0, 0.1) is 18.3 Å². The number of nitrogens with one attached hydrogen (secondary N) is 1. The number of pyridine rings is 3. The molecule has 0 radical (unpaired) electrons. The zero-order valence-corrected chi connectivity index (χ0v) is 16.0. The minimum atomic E-state index is -0.0661. The standard InChI is InChI=1S/C21H22N6O/c1-14-7-18-19(25-21(14)28)8-17(11-23-18)13-26-5-6-27(15(2)12-26)20-4-3-16(9-22)10-24-20/h3-4,7-8,10-11,15H,5-6,12-13H2,1-2H3,(H,25,28)/t15-/m1/s1. The number of aromatic amines is 1. The zero-order valence-electron chi connectivity index (χ0n) is 16.0. The number of anilines is 1. The predicted molar refractivity (Wildman–Crippen MR) is 108 cm³/mol. The zero-order chi connectivity index (χ0) is 19.7. The average Bonchev–Trinajstić information content (AvgIpc) is 2.69. The third-order valence-electron chi connectivity index (χ3n) is 5.22. The van der Waals surface area contributed by atoms with Gasteiger partial charge in [0, 0.05) is 50.2 Å². The molecule has 1 atom stereocenters. The van der Waals surface area contributed by atoms with Gasteiger partial charge in [0.1, 0.15) is 11.9 Å². The molecular formula is C21H22N6O. The van der Waals surface area contributed by atoms with E-state index in [9.17, 15) is 4.79 Å². The van der Waals surface area contributed by atoms with E-state index in [1.54, 1.807) is 13.1 Å². The van der Waals surface area contributed by atoms with E-state index >= 15 is 0 Å². The maximum absolute atomic E-state index is 11.9. The molecule has 1 aliphatic heterocycles. The van der Waals surface area contributed by atoms with Gasteiger partial charge in [-0.2, -0.15) is 5.26 Å². The second-order valence-electron chi connectivity index (χ2n) is 7.35. The number of H-pyrrole nitrogens is 1. The minimum Gasteiger partial charge on any atom is -0.351 e. The monoisotopic (exact) mass is 374 g/mol. The van der Waals surface area contributed by atoms with Crippen LogP contribution >= 0.6 is 0 Å². The van der Waals surface area contributed by atoms with Gasteiger partial charge in [0.05, 0.1) is 16.6 Å². The van der Waals surface area contributed by atoms with E-state index in [-0.39, 0.29) is 5.56 Å². The highest BCUT2D eigenvalue weighted by Gasteiger charge is 2.24. The van der Waals surface area contributed by atoms with Crippen LogP contribution < -0.4 is 10.5 Å². The van der Waals surface area contributed by atoms with Crippen molar-refractivity contribution in [1.82, 2.24) is 19.9 Å². The van der Waals surface area contributed by atoms with Crippen molar-refractivity contribution in [3.8, 4) is 6.07 Å². The summed E-state index contributed by atoms with van der Waals surface area (Å²) < 4.78 is 0. The van der Waals surface area contributed by atoms with Crippen LogP contribution in [0.2, 0.25) is 0 Å². The molecule has 3 aromatic rings. The third-order valence-corrected chi connectivity index (χ3v) is 5.22. The number of nitriles is 1. The second-order valence-corrected chi connectivity index (χ2v) is 7.35. The lowest BCUT2D eigenvalue weighted by Crippen LogP contribution is -2.51. The fourth-order valence-electron chi connectivity index (χ4n) is 3.71. The number of aryl methyl sites for hydroxylation is 1. The van der Waals surface area contributed by atoms with Crippen molar-refractivity contribution in [2.45, 2.75) is 26.4 Å². The highest BCUT2D eigenvalue weighted by atomic mass is 16.1. The maximum Gasteiger partial charge on any atom is 0.251 e. The first-order valence-electron chi connectivity index (χ1n) is 9.37. The number of rotatable bonds is 3. The number of aromatic nitrogens is 3. The summed E-state index contributed by atoms with van der Waals surface area (Å²) in [7, 11) is 0. The van der Waals surface area contributed by atoms with Gasteiger partial charge in [0.25, 0.3) is 5.56 Å². The van der Waals surface area contributed by atoms with Crippen molar-refractivity contribution in [2.24, 2.45) is 0 Å². The lowest BCUT2D eigenvalue weighted by Gasteiger charge is -2.40. The molecule has 1 saturated heterocycles. The summed E-state index contributed by atoms with van der Waals surface area (Å²) >= 11 is 0. The second kappa shape index (κ2) is 7.41. The Morgan fingerprint density at radius 1 is 1.25 bits per heavy atom. The van der Waals surface area contributed by atoms with Crippen LogP contribution in [0.1, 0.15) is 23.6 Å². The normalized spacial score (nSPS) is 17.6. The van der Waals surface area contributed by atoms with Crippen molar-refractivity contribution in [2.75, 3.05) is 24.5 Å². The Kier molecular flexibility index (Phi) is 4.80. The fourth-order valence-corrected chi connectivity index (χ4v) is 3.71. The summed E-state index contributed by atoms with van der Waals surface area (Å²) in [5, 5.41) is 8.93. The van der Waals surface area contributed by atoms with Crippen molar-refractivity contribution in [3.05, 3.63) is 63.7 Å². The summed E-state index contributed by atoms with van der Waals surface area (Å²) in [4.78, 5) is 28.4. The van der Waals surface area contributed by atoms with Crippen LogP contribution in [-0.4, -0.2) is 45.5 Å². The summed E-state index contributed by atoms with van der Waals surface area (Å²) in [5.41, 5.74) is 3.86. The molecule has 0 saturated carbocycles. The van der Waals surface area contributed by atoms with Gasteiger partial charge < -0.3 is 9.88 Å². The predicted octanol–water partition coefficient (Wildman–Crippen LogP) is 2.21. The molecule has 1 aliphatic rings. The van der Waals surface area contributed by atoms with Crippen molar-refractivity contribution in [3.63, 3.8) is 0 Å². The number of fused-ring (bicyclic) bond motifs is 1. The molecule has 142 valence electrons. The molecule has 7 nitrogen and oxygen atoms in total. The van der Waals surface area contributed by atoms with E-state index in [1.807, 2.05) is 30.5 Å². The molecule has 28 heavy (non-hydrogen) atoms. The minimum absolute atomic E-state index is 0.0661. The van der Waals surface area contributed by atoms with Gasteiger partial charge in [-0.3, -0.25) is 14.7 Å². The molecule has 1 N–H and O–H groups in total. The highest BCUT2D eigenvalue weighted by molar-refractivity contribution is 5.74. The Morgan fingerprint density at radius 3 is 2.82 bits per heavy atom. The molecule has 0 bridgehead atoms. The van der Waals surface area contributed by atoms with Gasteiger partial charge in [-0.15, -0.1) is 0 Å². The van der Waals surface area contributed by atoms with Crippen LogP contribution in [-0.2, 0) is 6.54 Å². The van der Waals surface area contributed by atoms with E-state index in [0.29, 0.717) is 17.2 Å². The van der Waals surface area contributed by atoms with E-state index in [4.69, 9.17) is 5.26 Å². The van der Waals surface area contributed by atoms with Gasteiger partial charge in [-0.25, -0.2) is 4.98 Å². The van der Waals surface area contributed by atoms with Crippen LogP contribution in [0.5, 0.6) is 0 Å². The molecule has 1 fully saturated rings. The van der Waals surface area contributed by atoms with E-state index < -0.39 is 0 Å². The first-order chi connectivity index (χ1) is 13.5. The van der Waals surface area contributed by atoms with Gasteiger partial charge in [-0.05, 0) is 43.7 Å². The van der Waals surface area contributed by atoms with Crippen molar-refractivity contribution in [1.29, 1.82) is 5.26 Å². The quantitative estimate of drug-likeness (QED) is 0.756. The van der Waals surface area contributed by atoms with E-state index in [0.717, 1.165) is 48.6 Å². The number of hydrogen-bond donors (Lipinski definition) is 1. The summed E-state index contributed by atoms with van der Waals surface area (Å²) in [5.74, 6) is 0.909. The van der Waals surface area contributed by atoms with Gasteiger partial charge >= 0.3 is 0 Å². The first kappa shape index (κ1) is 18.1. The number of piperazine rings is 1. The maximum atomic E-state index is 11.9. The van der Waals surface area contributed by atoms with Gasteiger partial charge in [0.15, 0.2) is 0 Å². The SMILES string of the molecule is Cc1cc2ncc(CN3CCN(c4ccc(C#N)cn4)[C@H](C)C3)cc2[nH]c1=O. The largest absolute Gasteiger partial charge is 0.351 e. The molecular weight excluding hydrogens is 352 g/mol. The molecule has 4 heterocycles. The Bertz CT molecular complexity index is 1100. The highest BCUT2D eigenvalue weighted by Crippen LogP contribution is 2.20. The molecule has 0 aromatic carbocycles. The van der Waals surface area contributed by atoms with E-state index in [1.165, 1.54) is 0 Å². The molecule has 0 amide bonds. The molecule has 3 aromatic heterocycles. The summed E-state index contributed by atoms with van der Waals surface area (Å²) in [6.45, 7) is 7.45. The Morgan fingerprint density at radius 2 is 2.11 bits per heavy atom. The first-order valence-corrected chi connectivity index (χ1v) is 9.37.